The van der Waals surface area contributed by atoms with E-state index < -0.39 is 10.0 Å². The van der Waals surface area contributed by atoms with Gasteiger partial charge < -0.3 is 5.32 Å². The molecule has 1 aliphatic rings. The van der Waals surface area contributed by atoms with Crippen LogP contribution in [0, 0.1) is 0 Å². The van der Waals surface area contributed by atoms with Crippen molar-refractivity contribution in [2.75, 3.05) is 16.3 Å². The van der Waals surface area contributed by atoms with Crippen LogP contribution in [0.25, 0.3) is 21.8 Å². The van der Waals surface area contributed by atoms with Crippen LogP contribution in [0.3, 0.4) is 0 Å². The summed E-state index contributed by atoms with van der Waals surface area (Å²) in [6.45, 7) is 0. The second-order valence-electron chi connectivity index (χ2n) is 8.22. The zero-order chi connectivity index (χ0) is 22.6. The first-order valence-electron chi connectivity index (χ1n) is 10.5. The molecular formula is C24H20N6O2S. The third kappa shape index (κ3) is 3.56. The van der Waals surface area contributed by atoms with E-state index in [4.69, 9.17) is 4.98 Å². The highest BCUT2D eigenvalue weighted by atomic mass is 32.2. The minimum absolute atomic E-state index is 0.0766. The number of fused-ring (bicyclic) bond motifs is 1. The molecule has 2 aromatic heterocycles. The van der Waals surface area contributed by atoms with Gasteiger partial charge in [0.05, 0.1) is 23.9 Å². The van der Waals surface area contributed by atoms with E-state index in [9.17, 15) is 8.42 Å². The summed E-state index contributed by atoms with van der Waals surface area (Å²) >= 11 is 0. The fraction of sp³-hybridized carbons (Fsp3) is 0.125. The summed E-state index contributed by atoms with van der Waals surface area (Å²) in [5.41, 5.74) is 4.59. The lowest BCUT2D eigenvalue weighted by Crippen LogP contribution is -2.12. The van der Waals surface area contributed by atoms with Crippen LogP contribution in [0.5, 0.6) is 0 Å². The van der Waals surface area contributed by atoms with Crippen molar-refractivity contribution in [3.8, 4) is 0 Å². The molecule has 3 aromatic carbocycles. The van der Waals surface area contributed by atoms with Gasteiger partial charge in [-0.25, -0.2) is 18.1 Å². The van der Waals surface area contributed by atoms with Gasteiger partial charge in [0.2, 0.25) is 16.0 Å². The summed E-state index contributed by atoms with van der Waals surface area (Å²) in [5.74, 6) is 0.446. The fourth-order valence-electron chi connectivity index (χ4n) is 4.52. The molecule has 0 bridgehead atoms. The van der Waals surface area contributed by atoms with Crippen LogP contribution in [0.2, 0.25) is 0 Å². The lowest BCUT2D eigenvalue weighted by atomic mass is 10.0. The van der Waals surface area contributed by atoms with Crippen molar-refractivity contribution >= 4 is 49.2 Å². The molecule has 0 radical (unpaired) electrons. The number of aromatic nitrogens is 4. The highest BCUT2D eigenvalue weighted by Gasteiger charge is 2.27. The van der Waals surface area contributed by atoms with Crippen LogP contribution in [-0.4, -0.2) is 34.4 Å². The van der Waals surface area contributed by atoms with Gasteiger partial charge in [-0.05, 0) is 52.6 Å². The topological polar surface area (TPSA) is 102 Å². The first-order chi connectivity index (χ1) is 15.9. The van der Waals surface area contributed by atoms with Gasteiger partial charge in [0.25, 0.3) is 0 Å². The minimum atomic E-state index is -3.32. The first-order valence-corrected chi connectivity index (χ1v) is 12.4. The van der Waals surface area contributed by atoms with Gasteiger partial charge in [-0.2, -0.15) is 10.1 Å². The maximum absolute atomic E-state index is 11.4. The maximum Gasteiger partial charge on any atom is 0.229 e. The zero-order valence-corrected chi connectivity index (χ0v) is 18.5. The third-order valence-corrected chi connectivity index (χ3v) is 6.48. The van der Waals surface area contributed by atoms with Crippen molar-refractivity contribution in [3.63, 3.8) is 0 Å². The standard InChI is InChI=1S/C24H20N6O2S/c1-33(31,32)29-19-10-8-18(9-11-19)27-24-25-13-17-14-26-30(23(17)28-24)21-12-16-6-2-4-15-5-3-7-20(21)22(15)16/h2-11,13-14,21,29H,12H2,1H3,(H,25,27,28)/t21-/m1/s1. The second kappa shape index (κ2) is 7.28. The normalized spacial score (nSPS) is 15.2. The van der Waals surface area contributed by atoms with Gasteiger partial charge in [0, 0.05) is 17.6 Å². The lowest BCUT2D eigenvalue weighted by Gasteiger charge is -2.14. The first kappa shape index (κ1) is 19.7. The van der Waals surface area contributed by atoms with Crippen LogP contribution >= 0.6 is 0 Å². The van der Waals surface area contributed by atoms with Crippen molar-refractivity contribution in [2.45, 2.75) is 12.5 Å². The number of rotatable bonds is 5. The third-order valence-electron chi connectivity index (χ3n) is 5.87. The Hall–Kier alpha value is -3.98. The molecule has 0 amide bonds. The minimum Gasteiger partial charge on any atom is -0.324 e. The van der Waals surface area contributed by atoms with Crippen LogP contribution < -0.4 is 10.0 Å². The number of nitrogens with one attached hydrogen (secondary N) is 2. The Bertz CT molecular complexity index is 1620. The van der Waals surface area contributed by atoms with E-state index in [0.29, 0.717) is 11.6 Å². The van der Waals surface area contributed by atoms with Gasteiger partial charge in [0.1, 0.15) is 0 Å². The van der Waals surface area contributed by atoms with E-state index in [2.05, 4.69) is 56.5 Å². The molecule has 2 heterocycles. The maximum atomic E-state index is 11.4. The van der Waals surface area contributed by atoms with Crippen molar-refractivity contribution < 1.29 is 8.42 Å². The zero-order valence-electron chi connectivity index (χ0n) is 17.7. The van der Waals surface area contributed by atoms with Gasteiger partial charge >= 0.3 is 0 Å². The van der Waals surface area contributed by atoms with Crippen molar-refractivity contribution in [2.24, 2.45) is 0 Å². The molecule has 0 saturated heterocycles. The molecule has 5 aromatic rings. The van der Waals surface area contributed by atoms with Gasteiger partial charge in [0.15, 0.2) is 5.65 Å². The van der Waals surface area contributed by atoms with E-state index in [0.717, 1.165) is 29.4 Å². The molecule has 0 fully saturated rings. The number of hydrogen-bond acceptors (Lipinski definition) is 6. The Labute approximate surface area is 190 Å². The van der Waals surface area contributed by atoms with Gasteiger partial charge in [-0.3, -0.25) is 4.72 Å². The molecule has 1 aliphatic carbocycles. The average molecular weight is 457 g/mol. The van der Waals surface area contributed by atoms with E-state index in [-0.39, 0.29) is 6.04 Å². The molecule has 6 rings (SSSR count). The molecule has 0 saturated carbocycles. The number of benzene rings is 3. The highest BCUT2D eigenvalue weighted by Crippen LogP contribution is 2.39. The highest BCUT2D eigenvalue weighted by molar-refractivity contribution is 7.92. The van der Waals surface area contributed by atoms with E-state index in [1.807, 2.05) is 4.68 Å². The Balaban J connectivity index is 1.33. The molecule has 33 heavy (non-hydrogen) atoms. The number of sulfonamides is 1. The Kier molecular flexibility index (Phi) is 4.34. The Morgan fingerprint density at radius 2 is 1.70 bits per heavy atom. The molecular weight excluding hydrogens is 436 g/mol. The fourth-order valence-corrected chi connectivity index (χ4v) is 5.09. The molecule has 2 N–H and O–H groups in total. The summed E-state index contributed by atoms with van der Waals surface area (Å²) in [5, 5.41) is 11.3. The van der Waals surface area contributed by atoms with Crippen LogP contribution in [0.1, 0.15) is 17.2 Å². The average Bonchev–Trinajstić information content (AvgIpc) is 3.37. The van der Waals surface area contributed by atoms with Crippen molar-refractivity contribution in [1.82, 2.24) is 19.7 Å². The molecule has 0 spiro atoms. The molecule has 164 valence electrons. The summed E-state index contributed by atoms with van der Waals surface area (Å²) in [7, 11) is -3.32. The number of hydrogen-bond donors (Lipinski definition) is 2. The van der Waals surface area contributed by atoms with E-state index >= 15 is 0 Å². The molecule has 8 nitrogen and oxygen atoms in total. The summed E-state index contributed by atoms with van der Waals surface area (Å²) < 4.78 is 27.2. The number of anilines is 3. The van der Waals surface area contributed by atoms with Crippen LogP contribution in [-0.2, 0) is 16.4 Å². The predicted octanol–water partition coefficient (Wildman–Crippen LogP) is 4.24. The summed E-state index contributed by atoms with van der Waals surface area (Å²) in [6.07, 6.45) is 5.55. The van der Waals surface area contributed by atoms with Crippen LogP contribution in [0.15, 0.2) is 73.1 Å². The smallest absolute Gasteiger partial charge is 0.229 e. The lowest BCUT2D eigenvalue weighted by molar-refractivity contribution is 0.550. The Morgan fingerprint density at radius 3 is 2.48 bits per heavy atom. The van der Waals surface area contributed by atoms with E-state index in [1.165, 1.54) is 21.9 Å². The quantitative estimate of drug-likeness (QED) is 0.410. The van der Waals surface area contributed by atoms with Gasteiger partial charge in [-0.1, -0.05) is 36.4 Å². The van der Waals surface area contributed by atoms with Gasteiger partial charge in [-0.15, -0.1) is 0 Å². The van der Waals surface area contributed by atoms with Crippen molar-refractivity contribution in [1.29, 1.82) is 0 Å². The number of nitrogens with zero attached hydrogens (tertiary/aromatic N) is 4. The summed E-state index contributed by atoms with van der Waals surface area (Å²) in [4.78, 5) is 9.17. The van der Waals surface area contributed by atoms with Crippen LogP contribution in [0.4, 0.5) is 17.3 Å². The predicted molar refractivity (Wildman–Crippen MR) is 129 cm³/mol. The SMILES string of the molecule is CS(=O)(=O)Nc1ccc(Nc2ncc3cnn([C@@H]4Cc5cccc6cccc4c56)c3n2)cc1. The largest absolute Gasteiger partial charge is 0.324 e. The molecule has 1 atom stereocenters. The summed E-state index contributed by atoms with van der Waals surface area (Å²) in [6, 6.07) is 19.8. The Morgan fingerprint density at radius 1 is 0.939 bits per heavy atom. The van der Waals surface area contributed by atoms with Crippen molar-refractivity contribution in [3.05, 3.63) is 84.2 Å². The monoisotopic (exact) mass is 456 g/mol. The molecule has 0 aliphatic heterocycles. The molecule has 0 unspecified atom stereocenters. The second-order valence-corrected chi connectivity index (χ2v) is 9.97. The van der Waals surface area contributed by atoms with E-state index in [1.54, 1.807) is 36.7 Å². The molecule has 9 heteroatoms.